The molecule has 0 amide bonds. The fourth-order valence-corrected chi connectivity index (χ4v) is 3.29. The first kappa shape index (κ1) is 18.5. The van der Waals surface area contributed by atoms with E-state index >= 15 is 0 Å². The van der Waals surface area contributed by atoms with Crippen molar-refractivity contribution < 1.29 is 14.3 Å². The van der Waals surface area contributed by atoms with Crippen LogP contribution in [0.25, 0.3) is 0 Å². The van der Waals surface area contributed by atoms with Gasteiger partial charge in [-0.2, -0.15) is 0 Å². The topological polar surface area (TPSA) is 59.6 Å². The number of carbonyl (C=O) groups excluding carboxylic acids is 1. The van der Waals surface area contributed by atoms with Crippen LogP contribution in [0.15, 0.2) is 18.2 Å². The predicted octanol–water partition coefficient (Wildman–Crippen LogP) is 3.02. The van der Waals surface area contributed by atoms with E-state index < -0.39 is 5.97 Å². The van der Waals surface area contributed by atoms with Crippen molar-refractivity contribution in [3.05, 3.63) is 29.3 Å². The van der Waals surface area contributed by atoms with Gasteiger partial charge in [0, 0.05) is 12.6 Å². The number of benzene rings is 1. The molecule has 1 saturated carbocycles. The molecule has 1 aromatic rings. The van der Waals surface area contributed by atoms with Crippen LogP contribution in [-0.2, 0) is 11.3 Å². The van der Waals surface area contributed by atoms with Crippen molar-refractivity contribution in [2.75, 3.05) is 14.2 Å². The molecule has 0 heterocycles. The molecule has 0 saturated heterocycles. The highest BCUT2D eigenvalue weighted by Gasteiger charge is 2.21. The van der Waals surface area contributed by atoms with Gasteiger partial charge >= 0.3 is 5.97 Å². The normalized spacial score (nSPS) is 20.1. The zero-order valence-electron chi connectivity index (χ0n) is 14.6. The highest BCUT2D eigenvalue weighted by molar-refractivity contribution is 7.80. The van der Waals surface area contributed by atoms with E-state index in [1.165, 1.54) is 33.5 Å². The molecule has 0 aromatic heterocycles. The third-order valence-corrected chi connectivity index (χ3v) is 4.81. The molecule has 0 radical (unpaired) electrons. The van der Waals surface area contributed by atoms with Crippen LogP contribution in [0.1, 0.15) is 48.5 Å². The van der Waals surface area contributed by atoms with Crippen molar-refractivity contribution >= 4 is 23.3 Å². The molecule has 2 rings (SSSR count). The van der Waals surface area contributed by atoms with Crippen molar-refractivity contribution in [1.82, 2.24) is 10.6 Å². The van der Waals surface area contributed by atoms with Gasteiger partial charge in [0.15, 0.2) is 5.11 Å². The molecular weight excluding hydrogens is 324 g/mol. The number of rotatable bonds is 5. The molecule has 132 valence electrons. The molecule has 1 aliphatic carbocycles. The molecule has 1 fully saturated rings. The SMILES string of the molecule is COC(=O)c1cc(CNC(=S)N[C@@H]2CCCC[C@@H]2C)ccc1OC. The quantitative estimate of drug-likeness (QED) is 0.629. The Labute approximate surface area is 149 Å². The number of hydrogen-bond acceptors (Lipinski definition) is 4. The van der Waals surface area contributed by atoms with Gasteiger partial charge in [-0.1, -0.05) is 25.8 Å². The number of hydrogen-bond donors (Lipinski definition) is 2. The van der Waals surface area contributed by atoms with E-state index in [0.29, 0.717) is 34.9 Å². The average Bonchev–Trinajstić information content (AvgIpc) is 2.61. The Morgan fingerprint density at radius 2 is 2.04 bits per heavy atom. The standard InChI is InChI=1S/C18H26N2O3S/c1-12-6-4-5-7-15(12)20-18(24)19-11-13-8-9-16(22-2)14(10-13)17(21)23-3/h8-10,12,15H,4-7,11H2,1-3H3,(H2,19,20,24)/t12-,15+/m0/s1. The second kappa shape index (κ2) is 8.87. The average molecular weight is 350 g/mol. The van der Waals surface area contributed by atoms with Crippen LogP contribution < -0.4 is 15.4 Å². The molecule has 0 aliphatic heterocycles. The van der Waals surface area contributed by atoms with E-state index in [2.05, 4.69) is 17.6 Å². The number of thiocarbonyl (C=S) groups is 1. The maximum atomic E-state index is 11.8. The fraction of sp³-hybridized carbons (Fsp3) is 0.556. The lowest BCUT2D eigenvalue weighted by molar-refractivity contribution is 0.0597. The summed E-state index contributed by atoms with van der Waals surface area (Å²) in [5.41, 5.74) is 1.36. The van der Waals surface area contributed by atoms with Crippen LogP contribution in [0.5, 0.6) is 5.75 Å². The summed E-state index contributed by atoms with van der Waals surface area (Å²) in [6, 6.07) is 5.89. The van der Waals surface area contributed by atoms with Gasteiger partial charge in [0.1, 0.15) is 11.3 Å². The summed E-state index contributed by atoms with van der Waals surface area (Å²) in [5, 5.41) is 7.29. The molecule has 24 heavy (non-hydrogen) atoms. The van der Waals surface area contributed by atoms with Gasteiger partial charge in [0.25, 0.3) is 0 Å². The molecule has 2 atom stereocenters. The van der Waals surface area contributed by atoms with Gasteiger partial charge in [0.2, 0.25) is 0 Å². The van der Waals surface area contributed by atoms with Gasteiger partial charge < -0.3 is 20.1 Å². The zero-order chi connectivity index (χ0) is 17.5. The molecule has 0 spiro atoms. The largest absolute Gasteiger partial charge is 0.496 e. The zero-order valence-corrected chi connectivity index (χ0v) is 15.4. The van der Waals surface area contributed by atoms with Gasteiger partial charge in [0.05, 0.1) is 14.2 Å². The molecule has 6 heteroatoms. The third-order valence-electron chi connectivity index (χ3n) is 4.55. The molecular formula is C18H26N2O3S. The lowest BCUT2D eigenvalue weighted by atomic mass is 9.86. The van der Waals surface area contributed by atoms with Crippen LogP contribution in [0.4, 0.5) is 0 Å². The predicted molar refractivity (Wildman–Crippen MR) is 98.3 cm³/mol. The van der Waals surface area contributed by atoms with Crippen molar-refractivity contribution in [3.8, 4) is 5.75 Å². The highest BCUT2D eigenvalue weighted by atomic mass is 32.1. The van der Waals surface area contributed by atoms with Crippen LogP contribution in [0.3, 0.4) is 0 Å². The summed E-state index contributed by atoms with van der Waals surface area (Å²) in [6.07, 6.45) is 4.98. The van der Waals surface area contributed by atoms with Gasteiger partial charge in [-0.15, -0.1) is 0 Å². The van der Waals surface area contributed by atoms with Gasteiger partial charge in [-0.25, -0.2) is 4.79 Å². The smallest absolute Gasteiger partial charge is 0.341 e. The molecule has 1 aromatic carbocycles. The van der Waals surface area contributed by atoms with E-state index in [0.717, 1.165) is 12.0 Å². The first-order valence-electron chi connectivity index (χ1n) is 8.34. The lowest BCUT2D eigenvalue weighted by Gasteiger charge is -2.30. The number of ether oxygens (including phenoxy) is 2. The maximum absolute atomic E-state index is 11.8. The van der Waals surface area contributed by atoms with Crippen molar-refractivity contribution in [2.45, 2.75) is 45.2 Å². The van der Waals surface area contributed by atoms with Crippen LogP contribution >= 0.6 is 12.2 Å². The number of esters is 1. The van der Waals surface area contributed by atoms with Crippen LogP contribution in [0, 0.1) is 5.92 Å². The summed E-state index contributed by atoms with van der Waals surface area (Å²) >= 11 is 5.40. The maximum Gasteiger partial charge on any atom is 0.341 e. The lowest BCUT2D eigenvalue weighted by Crippen LogP contribution is -2.45. The number of nitrogens with one attached hydrogen (secondary N) is 2. The molecule has 2 N–H and O–H groups in total. The summed E-state index contributed by atoms with van der Waals surface area (Å²) < 4.78 is 10.00. The minimum absolute atomic E-state index is 0.412. The van der Waals surface area contributed by atoms with Crippen LogP contribution in [0.2, 0.25) is 0 Å². The molecule has 0 unspecified atom stereocenters. The Morgan fingerprint density at radius 1 is 1.29 bits per heavy atom. The van der Waals surface area contributed by atoms with Gasteiger partial charge in [-0.3, -0.25) is 0 Å². The Balaban J connectivity index is 1.93. The Bertz CT molecular complexity index is 592. The number of carbonyl (C=O) groups is 1. The van der Waals surface area contributed by atoms with E-state index in [4.69, 9.17) is 21.7 Å². The Hall–Kier alpha value is -1.82. The first-order chi connectivity index (χ1) is 11.5. The van der Waals surface area contributed by atoms with Crippen molar-refractivity contribution in [2.24, 2.45) is 5.92 Å². The summed E-state index contributed by atoms with van der Waals surface area (Å²) in [6.45, 7) is 2.81. The van der Waals surface area contributed by atoms with E-state index in [1.807, 2.05) is 6.07 Å². The van der Waals surface area contributed by atoms with Crippen molar-refractivity contribution in [1.29, 1.82) is 0 Å². The second-order valence-corrected chi connectivity index (χ2v) is 6.63. The summed E-state index contributed by atoms with van der Waals surface area (Å²) in [7, 11) is 2.89. The summed E-state index contributed by atoms with van der Waals surface area (Å²) in [4.78, 5) is 11.8. The summed E-state index contributed by atoms with van der Waals surface area (Å²) in [5.74, 6) is 0.734. The Morgan fingerprint density at radius 3 is 2.71 bits per heavy atom. The van der Waals surface area contributed by atoms with E-state index in [9.17, 15) is 4.79 Å². The first-order valence-corrected chi connectivity index (χ1v) is 8.75. The fourth-order valence-electron chi connectivity index (χ4n) is 3.07. The monoisotopic (exact) mass is 350 g/mol. The van der Waals surface area contributed by atoms with E-state index in [-0.39, 0.29) is 0 Å². The number of methoxy groups -OCH3 is 2. The minimum Gasteiger partial charge on any atom is -0.496 e. The Kier molecular flexibility index (Phi) is 6.85. The second-order valence-electron chi connectivity index (χ2n) is 6.22. The molecule has 0 bridgehead atoms. The van der Waals surface area contributed by atoms with Crippen LogP contribution in [-0.4, -0.2) is 31.3 Å². The molecule has 1 aliphatic rings. The third kappa shape index (κ3) is 4.84. The minimum atomic E-state index is -0.412. The molecule has 5 nitrogen and oxygen atoms in total. The highest BCUT2D eigenvalue weighted by Crippen LogP contribution is 2.24. The van der Waals surface area contributed by atoms with Crippen molar-refractivity contribution in [3.63, 3.8) is 0 Å². The van der Waals surface area contributed by atoms with E-state index in [1.54, 1.807) is 12.1 Å². The van der Waals surface area contributed by atoms with Gasteiger partial charge in [-0.05, 0) is 48.7 Å².